The van der Waals surface area contributed by atoms with Crippen LogP contribution in [-0.4, -0.2) is 17.4 Å². The lowest BCUT2D eigenvalue weighted by atomic mass is 10.1. The quantitative estimate of drug-likeness (QED) is 0.485. The molecule has 29 heavy (non-hydrogen) atoms. The SMILES string of the molecule is N#Cc1cc(Cl)cc(Oc2c(Cl)ccc(CCCNC(=O)c3ccc[nH]3)c2F)c1. The number of H-pyrrole nitrogens is 1. The van der Waals surface area contributed by atoms with Crippen molar-refractivity contribution in [1.82, 2.24) is 10.3 Å². The summed E-state index contributed by atoms with van der Waals surface area (Å²) in [4.78, 5) is 14.7. The number of carbonyl (C=O) groups excluding carboxylic acids is 1. The smallest absolute Gasteiger partial charge is 0.267 e. The zero-order chi connectivity index (χ0) is 20.8. The Kier molecular flexibility index (Phi) is 6.76. The lowest BCUT2D eigenvalue weighted by Gasteiger charge is -2.12. The van der Waals surface area contributed by atoms with Crippen LogP contribution in [0.15, 0.2) is 48.7 Å². The minimum atomic E-state index is -0.591. The Morgan fingerprint density at radius 2 is 2.07 bits per heavy atom. The van der Waals surface area contributed by atoms with Gasteiger partial charge in [-0.05, 0) is 54.8 Å². The molecule has 5 nitrogen and oxygen atoms in total. The molecule has 2 N–H and O–H groups in total. The summed E-state index contributed by atoms with van der Waals surface area (Å²) in [6, 6.07) is 12.9. The first-order valence-electron chi connectivity index (χ1n) is 8.75. The van der Waals surface area contributed by atoms with Crippen LogP contribution in [0.2, 0.25) is 10.0 Å². The van der Waals surface area contributed by atoms with Gasteiger partial charge in [0, 0.05) is 17.8 Å². The summed E-state index contributed by atoms with van der Waals surface area (Å²) in [5, 5.41) is 12.2. The molecule has 0 saturated heterocycles. The number of rotatable bonds is 7. The maximum absolute atomic E-state index is 14.9. The fraction of sp³-hybridized carbons (Fsp3) is 0.143. The molecule has 0 unspecified atom stereocenters. The van der Waals surface area contributed by atoms with Crippen molar-refractivity contribution in [2.75, 3.05) is 6.54 Å². The Morgan fingerprint density at radius 1 is 1.24 bits per heavy atom. The number of ether oxygens (including phenoxy) is 1. The van der Waals surface area contributed by atoms with E-state index in [1.54, 1.807) is 30.5 Å². The maximum atomic E-state index is 14.9. The summed E-state index contributed by atoms with van der Waals surface area (Å²) < 4.78 is 20.5. The van der Waals surface area contributed by atoms with Gasteiger partial charge in [-0.3, -0.25) is 4.79 Å². The number of nitrogens with one attached hydrogen (secondary N) is 2. The molecule has 1 aromatic heterocycles. The van der Waals surface area contributed by atoms with Gasteiger partial charge in [-0.2, -0.15) is 5.26 Å². The van der Waals surface area contributed by atoms with E-state index >= 15 is 0 Å². The molecule has 1 amide bonds. The number of carbonyl (C=O) groups is 1. The van der Waals surface area contributed by atoms with E-state index in [2.05, 4.69) is 10.3 Å². The van der Waals surface area contributed by atoms with Crippen molar-refractivity contribution in [3.63, 3.8) is 0 Å². The third-order valence-corrected chi connectivity index (χ3v) is 4.62. The Bertz CT molecular complexity index is 1060. The van der Waals surface area contributed by atoms with Crippen LogP contribution in [0.3, 0.4) is 0 Å². The highest BCUT2D eigenvalue weighted by atomic mass is 35.5. The van der Waals surface area contributed by atoms with Crippen molar-refractivity contribution in [3.8, 4) is 17.6 Å². The van der Waals surface area contributed by atoms with Crippen LogP contribution >= 0.6 is 23.2 Å². The Hall–Kier alpha value is -3.01. The summed E-state index contributed by atoms with van der Waals surface area (Å²) in [5.74, 6) is -0.729. The van der Waals surface area contributed by atoms with Gasteiger partial charge in [-0.15, -0.1) is 0 Å². The van der Waals surface area contributed by atoms with E-state index < -0.39 is 5.82 Å². The summed E-state index contributed by atoms with van der Waals surface area (Å²) in [5.41, 5.74) is 1.16. The predicted molar refractivity (Wildman–Crippen MR) is 109 cm³/mol. The van der Waals surface area contributed by atoms with Crippen LogP contribution in [-0.2, 0) is 6.42 Å². The lowest BCUT2D eigenvalue weighted by Crippen LogP contribution is -2.25. The van der Waals surface area contributed by atoms with Crippen molar-refractivity contribution in [1.29, 1.82) is 5.26 Å². The minimum absolute atomic E-state index is 0.102. The first-order chi connectivity index (χ1) is 14.0. The molecule has 2 aromatic carbocycles. The van der Waals surface area contributed by atoms with Gasteiger partial charge in [0.1, 0.15) is 11.4 Å². The van der Waals surface area contributed by atoms with Crippen molar-refractivity contribution < 1.29 is 13.9 Å². The second-order valence-electron chi connectivity index (χ2n) is 6.18. The van der Waals surface area contributed by atoms with E-state index in [0.717, 1.165) is 0 Å². The highest BCUT2D eigenvalue weighted by molar-refractivity contribution is 6.32. The van der Waals surface area contributed by atoms with Gasteiger partial charge >= 0.3 is 0 Å². The second-order valence-corrected chi connectivity index (χ2v) is 7.03. The predicted octanol–water partition coefficient (Wildman–Crippen LogP) is 5.49. The molecule has 8 heteroatoms. The second kappa shape index (κ2) is 9.46. The van der Waals surface area contributed by atoms with E-state index in [1.165, 1.54) is 18.2 Å². The summed E-state index contributed by atoms with van der Waals surface area (Å²) in [7, 11) is 0. The minimum Gasteiger partial charge on any atom is -0.453 e. The van der Waals surface area contributed by atoms with Gasteiger partial charge in [0.2, 0.25) is 0 Å². The molecule has 0 aliphatic heterocycles. The highest BCUT2D eigenvalue weighted by Gasteiger charge is 2.16. The molecule has 0 aliphatic rings. The van der Waals surface area contributed by atoms with Crippen molar-refractivity contribution in [2.45, 2.75) is 12.8 Å². The molecular weight excluding hydrogens is 416 g/mol. The molecule has 3 aromatic rings. The van der Waals surface area contributed by atoms with E-state index in [0.29, 0.717) is 35.7 Å². The van der Waals surface area contributed by atoms with Crippen LogP contribution < -0.4 is 10.1 Å². The number of halogens is 3. The van der Waals surface area contributed by atoms with Gasteiger partial charge < -0.3 is 15.0 Å². The number of nitrogens with zero attached hydrogens (tertiary/aromatic N) is 1. The maximum Gasteiger partial charge on any atom is 0.267 e. The Morgan fingerprint density at radius 3 is 2.79 bits per heavy atom. The van der Waals surface area contributed by atoms with Gasteiger partial charge in [0.05, 0.1) is 16.7 Å². The zero-order valence-corrected chi connectivity index (χ0v) is 16.6. The van der Waals surface area contributed by atoms with Crippen molar-refractivity contribution in [2.24, 2.45) is 0 Å². The number of hydrogen-bond acceptors (Lipinski definition) is 3. The van der Waals surface area contributed by atoms with Gasteiger partial charge in [0.15, 0.2) is 11.6 Å². The molecule has 0 bridgehead atoms. The van der Waals surface area contributed by atoms with Crippen molar-refractivity contribution in [3.05, 3.63) is 81.3 Å². The van der Waals surface area contributed by atoms with Gasteiger partial charge in [-0.25, -0.2) is 4.39 Å². The molecule has 3 rings (SSSR count). The van der Waals surface area contributed by atoms with Crippen LogP contribution in [0.4, 0.5) is 4.39 Å². The fourth-order valence-electron chi connectivity index (χ4n) is 2.71. The first kappa shape index (κ1) is 20.7. The van der Waals surface area contributed by atoms with E-state index in [-0.39, 0.29) is 28.0 Å². The zero-order valence-electron chi connectivity index (χ0n) is 15.1. The number of aryl methyl sites for hydroxylation is 1. The molecule has 0 fully saturated rings. The molecule has 1 heterocycles. The summed E-state index contributed by atoms with van der Waals surface area (Å²) in [6.45, 7) is 0.385. The number of amides is 1. The average molecular weight is 432 g/mol. The fourth-order valence-corrected chi connectivity index (χ4v) is 3.12. The monoisotopic (exact) mass is 431 g/mol. The number of hydrogen-bond donors (Lipinski definition) is 2. The number of nitriles is 1. The third-order valence-electron chi connectivity index (χ3n) is 4.10. The third kappa shape index (κ3) is 5.29. The van der Waals surface area contributed by atoms with Crippen LogP contribution in [0, 0.1) is 17.1 Å². The molecular formula is C21H16Cl2FN3O2. The first-order valence-corrected chi connectivity index (χ1v) is 9.50. The van der Waals surface area contributed by atoms with Crippen LogP contribution in [0.5, 0.6) is 11.5 Å². The van der Waals surface area contributed by atoms with Gasteiger partial charge in [-0.1, -0.05) is 29.3 Å². The number of aromatic nitrogens is 1. The molecule has 0 radical (unpaired) electrons. The average Bonchev–Trinajstić information content (AvgIpc) is 3.24. The van der Waals surface area contributed by atoms with Crippen molar-refractivity contribution >= 4 is 29.1 Å². The standard InChI is InChI=1S/C21H16Cl2FN3O2/c22-15-9-13(12-25)10-16(11-15)29-20-17(23)6-5-14(19(20)24)3-1-8-27-21(28)18-4-2-7-26-18/h2,4-7,9-11,26H,1,3,8H2,(H,27,28). The number of benzene rings is 2. The normalized spacial score (nSPS) is 10.4. The lowest BCUT2D eigenvalue weighted by molar-refractivity contribution is 0.0949. The number of aromatic amines is 1. The topological polar surface area (TPSA) is 77.9 Å². The summed E-state index contributed by atoms with van der Waals surface area (Å²) >= 11 is 12.1. The van der Waals surface area contributed by atoms with E-state index in [4.69, 9.17) is 33.2 Å². The van der Waals surface area contributed by atoms with Crippen LogP contribution in [0.25, 0.3) is 0 Å². The highest BCUT2D eigenvalue weighted by Crippen LogP contribution is 2.35. The van der Waals surface area contributed by atoms with Gasteiger partial charge in [0.25, 0.3) is 5.91 Å². The van der Waals surface area contributed by atoms with E-state index in [9.17, 15) is 9.18 Å². The molecule has 0 spiro atoms. The largest absolute Gasteiger partial charge is 0.453 e. The molecule has 148 valence electrons. The molecule has 0 saturated carbocycles. The molecule has 0 aliphatic carbocycles. The molecule has 0 atom stereocenters. The Labute approximate surface area is 177 Å². The van der Waals surface area contributed by atoms with Crippen LogP contribution in [0.1, 0.15) is 28.0 Å². The van der Waals surface area contributed by atoms with E-state index in [1.807, 2.05) is 6.07 Å². The Balaban J connectivity index is 1.66. The summed E-state index contributed by atoms with van der Waals surface area (Å²) in [6.07, 6.45) is 2.57.